The van der Waals surface area contributed by atoms with Crippen molar-refractivity contribution in [2.24, 2.45) is 5.92 Å². The van der Waals surface area contributed by atoms with E-state index in [0.29, 0.717) is 18.0 Å². The summed E-state index contributed by atoms with van der Waals surface area (Å²) >= 11 is 0. The van der Waals surface area contributed by atoms with E-state index in [4.69, 9.17) is 0 Å². The van der Waals surface area contributed by atoms with E-state index in [-0.39, 0.29) is 16.6 Å². The number of carbonyl (C=O) groups is 1. The molecule has 0 bridgehead atoms. The summed E-state index contributed by atoms with van der Waals surface area (Å²) in [4.78, 5) is 14.3. The highest BCUT2D eigenvalue weighted by molar-refractivity contribution is 7.91. The second-order valence-electron chi connectivity index (χ2n) is 9.34. The van der Waals surface area contributed by atoms with Crippen LogP contribution in [0.25, 0.3) is 11.1 Å². The van der Waals surface area contributed by atoms with Gasteiger partial charge in [0.1, 0.15) is 0 Å². The Morgan fingerprint density at radius 2 is 1.70 bits per heavy atom. The fourth-order valence-corrected chi connectivity index (χ4v) is 5.56. The topological polar surface area (TPSA) is 66.5 Å². The highest BCUT2D eigenvalue weighted by Gasteiger charge is 2.30. The number of carbonyl (C=O) groups excluding carboxylic acids is 1. The predicted octanol–water partition coefficient (Wildman–Crippen LogP) is 6.19. The van der Waals surface area contributed by atoms with E-state index in [0.717, 1.165) is 54.0 Å². The number of alkyl halides is 3. The molecular formula is C28H29F3N2O3S. The van der Waals surface area contributed by atoms with Crippen LogP contribution in [-0.4, -0.2) is 33.2 Å². The number of benzene rings is 3. The number of nitrogens with zero attached hydrogens (tertiary/aromatic N) is 1. The SMILES string of the molecule is CCS(=O)(=O)c1ccc(-c2cc(N3CCC(Cc4ccc(C(F)(F)F)cc4)C3)ccc2NC(C)=O)cc1. The van der Waals surface area contributed by atoms with Crippen LogP contribution in [0.4, 0.5) is 24.5 Å². The predicted molar refractivity (Wildman–Crippen MR) is 139 cm³/mol. The summed E-state index contributed by atoms with van der Waals surface area (Å²) in [6, 6.07) is 17.8. The third kappa shape index (κ3) is 6.33. The number of anilines is 2. The molecule has 1 saturated heterocycles. The van der Waals surface area contributed by atoms with Gasteiger partial charge in [0.05, 0.1) is 16.2 Å². The summed E-state index contributed by atoms with van der Waals surface area (Å²) in [5.41, 5.74) is 3.38. The molecule has 1 amide bonds. The molecule has 196 valence electrons. The maximum Gasteiger partial charge on any atom is 0.416 e. The molecule has 0 spiro atoms. The van der Waals surface area contributed by atoms with Gasteiger partial charge in [-0.1, -0.05) is 31.2 Å². The van der Waals surface area contributed by atoms with Gasteiger partial charge in [-0.3, -0.25) is 4.79 Å². The van der Waals surface area contributed by atoms with E-state index < -0.39 is 21.6 Å². The van der Waals surface area contributed by atoms with Gasteiger partial charge in [-0.05, 0) is 72.4 Å². The van der Waals surface area contributed by atoms with Gasteiger partial charge in [0.2, 0.25) is 5.91 Å². The van der Waals surface area contributed by atoms with E-state index in [1.54, 1.807) is 43.3 Å². The minimum Gasteiger partial charge on any atom is -0.371 e. The highest BCUT2D eigenvalue weighted by atomic mass is 32.2. The molecule has 0 radical (unpaired) electrons. The molecule has 1 fully saturated rings. The maximum absolute atomic E-state index is 12.8. The molecule has 0 saturated carbocycles. The summed E-state index contributed by atoms with van der Waals surface area (Å²) in [5, 5.41) is 2.85. The van der Waals surface area contributed by atoms with Crippen molar-refractivity contribution in [2.75, 3.05) is 29.1 Å². The van der Waals surface area contributed by atoms with Gasteiger partial charge in [0, 0.05) is 37.0 Å². The molecule has 4 rings (SSSR count). The Morgan fingerprint density at radius 1 is 1.03 bits per heavy atom. The second-order valence-corrected chi connectivity index (χ2v) is 11.6. The van der Waals surface area contributed by atoms with Crippen molar-refractivity contribution >= 4 is 27.1 Å². The van der Waals surface area contributed by atoms with Crippen molar-refractivity contribution in [2.45, 2.75) is 37.8 Å². The molecule has 1 atom stereocenters. The molecule has 1 unspecified atom stereocenters. The number of rotatable bonds is 7. The van der Waals surface area contributed by atoms with Crippen LogP contribution in [0.2, 0.25) is 0 Å². The average molecular weight is 531 g/mol. The van der Waals surface area contributed by atoms with Gasteiger partial charge in [0.25, 0.3) is 0 Å². The van der Waals surface area contributed by atoms with Gasteiger partial charge >= 0.3 is 6.18 Å². The number of hydrogen-bond acceptors (Lipinski definition) is 4. The van der Waals surface area contributed by atoms with Crippen LogP contribution >= 0.6 is 0 Å². The Hall–Kier alpha value is -3.33. The second kappa shape index (κ2) is 10.6. The van der Waals surface area contributed by atoms with Crippen LogP contribution in [0.3, 0.4) is 0 Å². The molecule has 3 aromatic carbocycles. The standard InChI is InChI=1S/C28H29F3N2O3S/c1-3-37(35,36)25-11-6-22(7-12-25)26-17-24(10-13-27(26)32-19(2)34)33-15-14-21(18-33)16-20-4-8-23(9-5-20)28(29,30)31/h4-13,17,21H,3,14-16,18H2,1-2H3,(H,32,34). The summed E-state index contributed by atoms with van der Waals surface area (Å²) < 4.78 is 62.9. The molecule has 9 heteroatoms. The van der Waals surface area contributed by atoms with Gasteiger partial charge in [0.15, 0.2) is 9.84 Å². The Balaban J connectivity index is 1.54. The zero-order valence-electron chi connectivity index (χ0n) is 20.7. The van der Waals surface area contributed by atoms with Crippen molar-refractivity contribution in [1.29, 1.82) is 0 Å². The molecule has 1 heterocycles. The van der Waals surface area contributed by atoms with Crippen molar-refractivity contribution in [3.8, 4) is 11.1 Å². The Morgan fingerprint density at radius 3 is 2.30 bits per heavy atom. The third-order valence-electron chi connectivity index (χ3n) is 6.67. The quantitative estimate of drug-likeness (QED) is 0.395. The summed E-state index contributed by atoms with van der Waals surface area (Å²) in [5.74, 6) is 0.104. The van der Waals surface area contributed by atoms with E-state index >= 15 is 0 Å². The van der Waals surface area contributed by atoms with Crippen LogP contribution in [0.5, 0.6) is 0 Å². The van der Waals surface area contributed by atoms with Gasteiger partial charge < -0.3 is 10.2 Å². The zero-order valence-corrected chi connectivity index (χ0v) is 21.5. The number of sulfone groups is 1. The van der Waals surface area contributed by atoms with Crippen molar-refractivity contribution < 1.29 is 26.4 Å². The monoisotopic (exact) mass is 530 g/mol. The van der Waals surface area contributed by atoms with Crippen LogP contribution in [0, 0.1) is 5.92 Å². The molecular weight excluding hydrogens is 501 g/mol. The summed E-state index contributed by atoms with van der Waals surface area (Å²) in [6.07, 6.45) is -2.74. The minimum atomic E-state index is -4.34. The lowest BCUT2D eigenvalue weighted by Crippen LogP contribution is -2.20. The number of halogens is 3. The normalized spacial score (nSPS) is 16.1. The van der Waals surface area contributed by atoms with Crippen LogP contribution in [-0.2, 0) is 27.2 Å². The van der Waals surface area contributed by atoms with Gasteiger partial charge in [-0.25, -0.2) is 8.42 Å². The van der Waals surface area contributed by atoms with Crippen molar-refractivity contribution in [3.05, 3.63) is 77.9 Å². The molecule has 1 aliphatic rings. The highest BCUT2D eigenvalue weighted by Crippen LogP contribution is 2.36. The molecule has 37 heavy (non-hydrogen) atoms. The fraction of sp³-hybridized carbons (Fsp3) is 0.321. The lowest BCUT2D eigenvalue weighted by molar-refractivity contribution is -0.137. The first-order valence-corrected chi connectivity index (χ1v) is 13.8. The van der Waals surface area contributed by atoms with E-state index in [1.165, 1.54) is 6.92 Å². The van der Waals surface area contributed by atoms with Crippen molar-refractivity contribution in [1.82, 2.24) is 0 Å². The Bertz CT molecular complexity index is 1370. The van der Waals surface area contributed by atoms with Crippen LogP contribution in [0.15, 0.2) is 71.6 Å². The molecule has 3 aromatic rings. The smallest absolute Gasteiger partial charge is 0.371 e. The average Bonchev–Trinajstić information content (AvgIpc) is 3.32. The van der Waals surface area contributed by atoms with E-state index in [2.05, 4.69) is 10.2 Å². The first-order chi connectivity index (χ1) is 17.5. The fourth-order valence-electron chi connectivity index (χ4n) is 4.67. The van der Waals surface area contributed by atoms with E-state index in [9.17, 15) is 26.4 Å². The molecule has 0 aromatic heterocycles. The first-order valence-electron chi connectivity index (χ1n) is 12.1. The van der Waals surface area contributed by atoms with Crippen molar-refractivity contribution in [3.63, 3.8) is 0 Å². The molecule has 0 aliphatic carbocycles. The summed E-state index contributed by atoms with van der Waals surface area (Å²) in [6.45, 7) is 4.59. The van der Waals surface area contributed by atoms with Crippen LogP contribution in [0.1, 0.15) is 31.4 Å². The lowest BCUT2D eigenvalue weighted by atomic mass is 9.98. The molecule has 5 nitrogen and oxygen atoms in total. The largest absolute Gasteiger partial charge is 0.416 e. The summed E-state index contributed by atoms with van der Waals surface area (Å²) in [7, 11) is -3.32. The zero-order chi connectivity index (χ0) is 26.8. The number of nitrogens with one attached hydrogen (secondary N) is 1. The Kier molecular flexibility index (Phi) is 7.64. The maximum atomic E-state index is 12.8. The lowest BCUT2D eigenvalue weighted by Gasteiger charge is -2.21. The molecule has 1 aliphatic heterocycles. The number of amides is 1. The van der Waals surface area contributed by atoms with E-state index in [1.807, 2.05) is 18.2 Å². The minimum absolute atomic E-state index is 0.0155. The van der Waals surface area contributed by atoms with Crippen LogP contribution < -0.4 is 10.2 Å². The number of hydrogen-bond donors (Lipinski definition) is 1. The first kappa shape index (κ1) is 26.7. The van der Waals surface area contributed by atoms with Gasteiger partial charge in [-0.2, -0.15) is 13.2 Å². The Labute approximate surface area is 215 Å². The third-order valence-corrected chi connectivity index (χ3v) is 8.43. The molecule has 1 N–H and O–H groups in total. The van der Waals surface area contributed by atoms with Gasteiger partial charge in [-0.15, -0.1) is 0 Å².